The Hall–Kier alpha value is -1.35. The highest BCUT2D eigenvalue weighted by molar-refractivity contribution is 5.47. The van der Waals surface area contributed by atoms with Crippen LogP contribution < -0.4 is 5.73 Å². The number of hydrogen-bond donors (Lipinski definition) is 1. The lowest BCUT2D eigenvalue weighted by Crippen LogP contribution is -2.13. The summed E-state index contributed by atoms with van der Waals surface area (Å²) in [5.41, 5.74) is 10.5. The van der Waals surface area contributed by atoms with Crippen molar-refractivity contribution in [1.82, 2.24) is 9.38 Å². The highest BCUT2D eigenvalue weighted by atomic mass is 15.0. The molecule has 2 heterocycles. The van der Waals surface area contributed by atoms with E-state index in [9.17, 15) is 0 Å². The molecule has 3 nitrogen and oxygen atoms in total. The number of nitrogens with two attached hydrogens (primary N) is 1. The third-order valence-corrected chi connectivity index (χ3v) is 3.21. The van der Waals surface area contributed by atoms with E-state index >= 15 is 0 Å². The Morgan fingerprint density at radius 3 is 2.65 bits per heavy atom. The molecule has 2 N–H and O–H groups in total. The van der Waals surface area contributed by atoms with E-state index in [-0.39, 0.29) is 0 Å². The molecule has 0 aliphatic heterocycles. The molecule has 0 aliphatic rings. The van der Waals surface area contributed by atoms with Crippen LogP contribution in [0.5, 0.6) is 0 Å². The zero-order chi connectivity index (χ0) is 12.6. The number of aromatic nitrogens is 2. The van der Waals surface area contributed by atoms with Crippen molar-refractivity contribution < 1.29 is 0 Å². The molecule has 0 radical (unpaired) electrons. The van der Waals surface area contributed by atoms with Crippen LogP contribution in [-0.2, 0) is 0 Å². The van der Waals surface area contributed by atoms with Crippen molar-refractivity contribution in [1.29, 1.82) is 0 Å². The van der Waals surface area contributed by atoms with Crippen molar-refractivity contribution in [2.75, 3.05) is 6.54 Å². The zero-order valence-corrected chi connectivity index (χ0v) is 11.1. The van der Waals surface area contributed by atoms with Gasteiger partial charge in [-0.25, -0.2) is 4.98 Å². The minimum atomic E-state index is 0.338. The Kier molecular flexibility index (Phi) is 3.20. The van der Waals surface area contributed by atoms with Gasteiger partial charge < -0.3 is 10.1 Å². The van der Waals surface area contributed by atoms with E-state index in [4.69, 9.17) is 10.7 Å². The first kappa shape index (κ1) is 12.1. The highest BCUT2D eigenvalue weighted by Crippen LogP contribution is 2.26. The van der Waals surface area contributed by atoms with Crippen molar-refractivity contribution in [2.24, 2.45) is 5.73 Å². The lowest BCUT2D eigenvalue weighted by Gasteiger charge is -2.13. The van der Waals surface area contributed by atoms with Crippen LogP contribution in [0.4, 0.5) is 0 Å². The number of hydrogen-bond acceptors (Lipinski definition) is 2. The Bertz CT molecular complexity index is 525. The van der Waals surface area contributed by atoms with Gasteiger partial charge in [-0.1, -0.05) is 20.8 Å². The molecule has 1 atom stereocenters. The molecule has 1 unspecified atom stereocenters. The van der Waals surface area contributed by atoms with Crippen LogP contribution in [0, 0.1) is 6.92 Å². The Morgan fingerprint density at radius 2 is 2.06 bits per heavy atom. The lowest BCUT2D eigenvalue weighted by atomic mass is 10.00. The van der Waals surface area contributed by atoms with Crippen molar-refractivity contribution in [2.45, 2.75) is 39.5 Å². The van der Waals surface area contributed by atoms with Crippen LogP contribution in [0.3, 0.4) is 0 Å². The number of nitrogens with zero attached hydrogens (tertiary/aromatic N) is 2. The summed E-state index contributed by atoms with van der Waals surface area (Å²) in [5, 5.41) is 0. The zero-order valence-electron chi connectivity index (χ0n) is 11.1. The summed E-state index contributed by atoms with van der Waals surface area (Å²) in [6, 6.07) is 4.24. The van der Waals surface area contributed by atoms with Crippen LogP contribution in [0.15, 0.2) is 18.3 Å². The summed E-state index contributed by atoms with van der Waals surface area (Å²) in [5.74, 6) is 0.768. The van der Waals surface area contributed by atoms with E-state index in [2.05, 4.69) is 50.4 Å². The van der Waals surface area contributed by atoms with Crippen molar-refractivity contribution in [3.05, 3.63) is 35.3 Å². The van der Waals surface area contributed by atoms with Gasteiger partial charge in [-0.05, 0) is 30.5 Å². The standard InChI is InChI=1S/C14H21N3/c1-9(2)13-14(11(4)8-15)17-6-5-10(3)7-12(17)16-13/h5-7,9,11H,8,15H2,1-4H3. The van der Waals surface area contributed by atoms with Crippen molar-refractivity contribution >= 4 is 5.65 Å². The van der Waals surface area contributed by atoms with Crippen molar-refractivity contribution in [3.8, 4) is 0 Å². The number of imidazole rings is 1. The normalized spacial score (nSPS) is 13.5. The summed E-state index contributed by atoms with van der Waals surface area (Å²) < 4.78 is 2.18. The fourth-order valence-electron chi connectivity index (χ4n) is 2.21. The predicted octanol–water partition coefficient (Wildman–Crippen LogP) is 2.83. The third-order valence-electron chi connectivity index (χ3n) is 3.21. The minimum absolute atomic E-state index is 0.338. The summed E-state index contributed by atoms with van der Waals surface area (Å²) in [7, 11) is 0. The molecule has 92 valence electrons. The van der Waals surface area contributed by atoms with E-state index in [0.717, 1.165) is 5.65 Å². The Labute approximate surface area is 103 Å². The maximum Gasteiger partial charge on any atom is 0.137 e. The number of pyridine rings is 1. The number of fused-ring (bicyclic) bond motifs is 1. The fraction of sp³-hybridized carbons (Fsp3) is 0.500. The molecule has 0 aliphatic carbocycles. The van der Waals surface area contributed by atoms with E-state index in [1.165, 1.54) is 17.0 Å². The second-order valence-corrected chi connectivity index (χ2v) is 5.11. The maximum absolute atomic E-state index is 5.81. The van der Waals surface area contributed by atoms with Gasteiger partial charge in [-0.15, -0.1) is 0 Å². The molecular formula is C14H21N3. The molecule has 0 fully saturated rings. The molecule has 0 spiro atoms. The number of aryl methyl sites for hydroxylation is 1. The topological polar surface area (TPSA) is 43.3 Å². The van der Waals surface area contributed by atoms with Gasteiger partial charge in [0.15, 0.2) is 0 Å². The van der Waals surface area contributed by atoms with E-state index in [0.29, 0.717) is 18.4 Å². The first-order chi connectivity index (χ1) is 8.04. The van der Waals surface area contributed by atoms with Crippen LogP contribution in [-0.4, -0.2) is 15.9 Å². The molecule has 0 amide bonds. The maximum atomic E-state index is 5.81. The van der Waals surface area contributed by atoms with E-state index < -0.39 is 0 Å². The second-order valence-electron chi connectivity index (χ2n) is 5.11. The molecule has 2 rings (SSSR count). The van der Waals surface area contributed by atoms with Crippen LogP contribution in [0.25, 0.3) is 5.65 Å². The van der Waals surface area contributed by atoms with E-state index in [1.807, 2.05) is 0 Å². The third kappa shape index (κ3) is 2.07. The highest BCUT2D eigenvalue weighted by Gasteiger charge is 2.19. The molecule has 3 heteroatoms. The van der Waals surface area contributed by atoms with Gasteiger partial charge >= 0.3 is 0 Å². The van der Waals surface area contributed by atoms with Gasteiger partial charge in [0.25, 0.3) is 0 Å². The molecule has 17 heavy (non-hydrogen) atoms. The lowest BCUT2D eigenvalue weighted by molar-refractivity contribution is 0.702. The summed E-state index contributed by atoms with van der Waals surface area (Å²) in [4.78, 5) is 4.75. The molecule has 2 aromatic rings. The largest absolute Gasteiger partial charge is 0.330 e. The average Bonchev–Trinajstić information content (AvgIpc) is 2.66. The van der Waals surface area contributed by atoms with Gasteiger partial charge in [0, 0.05) is 24.4 Å². The quantitative estimate of drug-likeness (QED) is 0.882. The SMILES string of the molecule is Cc1ccn2c(C(C)CN)c(C(C)C)nc2c1. The summed E-state index contributed by atoms with van der Waals surface area (Å²) >= 11 is 0. The molecule has 0 saturated heterocycles. The van der Waals surface area contributed by atoms with Gasteiger partial charge in [-0.3, -0.25) is 0 Å². The van der Waals surface area contributed by atoms with Gasteiger partial charge in [0.05, 0.1) is 5.69 Å². The predicted molar refractivity (Wildman–Crippen MR) is 71.5 cm³/mol. The minimum Gasteiger partial charge on any atom is -0.330 e. The monoisotopic (exact) mass is 231 g/mol. The second kappa shape index (κ2) is 4.49. The summed E-state index contributed by atoms with van der Waals surface area (Å²) in [6.45, 7) is 9.27. The Morgan fingerprint density at radius 1 is 1.35 bits per heavy atom. The summed E-state index contributed by atoms with van der Waals surface area (Å²) in [6.07, 6.45) is 2.10. The smallest absolute Gasteiger partial charge is 0.137 e. The Balaban J connectivity index is 2.71. The molecule has 0 saturated carbocycles. The van der Waals surface area contributed by atoms with Crippen LogP contribution in [0.1, 0.15) is 49.6 Å². The number of rotatable bonds is 3. The van der Waals surface area contributed by atoms with Gasteiger partial charge in [0.2, 0.25) is 0 Å². The van der Waals surface area contributed by atoms with Crippen LogP contribution >= 0.6 is 0 Å². The fourth-order valence-corrected chi connectivity index (χ4v) is 2.21. The average molecular weight is 231 g/mol. The molecule has 0 aromatic carbocycles. The van der Waals surface area contributed by atoms with Crippen LogP contribution in [0.2, 0.25) is 0 Å². The first-order valence-electron chi connectivity index (χ1n) is 6.23. The van der Waals surface area contributed by atoms with Crippen molar-refractivity contribution in [3.63, 3.8) is 0 Å². The van der Waals surface area contributed by atoms with Gasteiger partial charge in [0.1, 0.15) is 5.65 Å². The molecular weight excluding hydrogens is 210 g/mol. The van der Waals surface area contributed by atoms with Gasteiger partial charge in [-0.2, -0.15) is 0 Å². The molecule has 2 aromatic heterocycles. The molecule has 0 bridgehead atoms. The first-order valence-corrected chi connectivity index (χ1v) is 6.23. The van der Waals surface area contributed by atoms with E-state index in [1.54, 1.807) is 0 Å².